The highest BCUT2D eigenvalue weighted by molar-refractivity contribution is 6.01. The van der Waals surface area contributed by atoms with Crippen molar-refractivity contribution in [3.8, 4) is 5.88 Å². The minimum atomic E-state index is -2.58. The lowest BCUT2D eigenvalue weighted by Gasteiger charge is -2.06. The third-order valence-electron chi connectivity index (χ3n) is 2.07. The van der Waals surface area contributed by atoms with Crippen LogP contribution in [0.2, 0.25) is 0 Å². The van der Waals surface area contributed by atoms with Crippen molar-refractivity contribution in [2.75, 3.05) is 11.9 Å². The van der Waals surface area contributed by atoms with Gasteiger partial charge in [0.25, 0.3) is 12.3 Å². The second-order valence-electron chi connectivity index (χ2n) is 3.49. The molecule has 5 nitrogen and oxygen atoms in total. The van der Waals surface area contributed by atoms with Crippen LogP contribution in [0.4, 0.5) is 14.6 Å². The number of amides is 1. The predicted octanol–water partition coefficient (Wildman–Crippen LogP) is 2.57. The number of nitrogens with zero attached hydrogens (tertiary/aromatic N) is 1. The molecule has 0 aliphatic carbocycles. The van der Waals surface area contributed by atoms with Crippen molar-refractivity contribution < 1.29 is 22.7 Å². The molecule has 0 atom stereocenters. The first-order valence-corrected chi connectivity index (χ1v) is 5.38. The summed E-state index contributed by atoms with van der Waals surface area (Å²) in [6.45, 7) is -0.747. The lowest BCUT2D eigenvalue weighted by Crippen LogP contribution is -2.13. The van der Waals surface area contributed by atoms with Crippen LogP contribution in [0.3, 0.4) is 0 Å². The Labute approximate surface area is 107 Å². The van der Waals surface area contributed by atoms with E-state index in [4.69, 9.17) is 9.15 Å². The summed E-state index contributed by atoms with van der Waals surface area (Å²) >= 11 is 0. The molecule has 100 valence electrons. The van der Waals surface area contributed by atoms with Gasteiger partial charge in [0.05, 0.1) is 6.26 Å². The third kappa shape index (κ3) is 3.77. The number of carbonyl (C=O) groups is 1. The molecule has 1 N–H and O–H groups in total. The fraction of sp³-hybridized carbons (Fsp3) is 0.167. The SMILES string of the molecule is O=C(Nc1cccc(OCC(F)F)n1)c1ccco1. The van der Waals surface area contributed by atoms with Crippen LogP contribution in [0.15, 0.2) is 41.0 Å². The molecule has 0 spiro atoms. The Morgan fingerprint density at radius 2 is 2.21 bits per heavy atom. The Balaban J connectivity index is 2.01. The van der Waals surface area contributed by atoms with Crippen molar-refractivity contribution in [1.82, 2.24) is 4.98 Å². The molecule has 2 aromatic heterocycles. The standard InChI is InChI=1S/C12H10F2N2O3/c13-9(14)7-19-11-5-1-4-10(15-11)16-12(17)8-3-2-6-18-8/h1-6,9H,7H2,(H,15,16,17). The summed E-state index contributed by atoms with van der Waals surface area (Å²) in [7, 11) is 0. The number of furan rings is 1. The number of hydrogen-bond acceptors (Lipinski definition) is 4. The van der Waals surface area contributed by atoms with Gasteiger partial charge in [-0.2, -0.15) is 4.98 Å². The summed E-state index contributed by atoms with van der Waals surface area (Å²) in [5.41, 5.74) is 0. The van der Waals surface area contributed by atoms with Crippen molar-refractivity contribution in [1.29, 1.82) is 0 Å². The lowest BCUT2D eigenvalue weighted by molar-refractivity contribution is 0.0796. The van der Waals surface area contributed by atoms with E-state index in [9.17, 15) is 13.6 Å². The number of anilines is 1. The van der Waals surface area contributed by atoms with Crippen molar-refractivity contribution in [3.63, 3.8) is 0 Å². The summed E-state index contributed by atoms with van der Waals surface area (Å²) in [4.78, 5) is 15.5. The van der Waals surface area contributed by atoms with Gasteiger partial charge < -0.3 is 14.5 Å². The van der Waals surface area contributed by atoms with Gasteiger partial charge in [0.1, 0.15) is 5.82 Å². The predicted molar refractivity (Wildman–Crippen MR) is 62.4 cm³/mol. The topological polar surface area (TPSA) is 64.4 Å². The zero-order valence-electron chi connectivity index (χ0n) is 9.68. The van der Waals surface area contributed by atoms with Gasteiger partial charge in [0.2, 0.25) is 5.88 Å². The van der Waals surface area contributed by atoms with Crippen LogP contribution in [-0.4, -0.2) is 23.9 Å². The number of alkyl halides is 2. The highest BCUT2D eigenvalue weighted by atomic mass is 19.3. The molecular formula is C12H10F2N2O3. The summed E-state index contributed by atoms with van der Waals surface area (Å²) in [6.07, 6.45) is -1.21. The van der Waals surface area contributed by atoms with Crippen LogP contribution >= 0.6 is 0 Å². The molecule has 0 saturated carbocycles. The Hall–Kier alpha value is -2.44. The van der Waals surface area contributed by atoms with Crippen LogP contribution in [0.25, 0.3) is 0 Å². The maximum atomic E-state index is 12.0. The van der Waals surface area contributed by atoms with E-state index in [1.807, 2.05) is 0 Å². The normalized spacial score (nSPS) is 10.5. The van der Waals surface area contributed by atoms with Gasteiger partial charge >= 0.3 is 0 Å². The fourth-order valence-corrected chi connectivity index (χ4v) is 1.30. The number of carbonyl (C=O) groups excluding carboxylic acids is 1. The van der Waals surface area contributed by atoms with Gasteiger partial charge in [-0.05, 0) is 18.2 Å². The molecule has 0 radical (unpaired) electrons. The summed E-state index contributed by atoms with van der Waals surface area (Å²) in [5, 5.41) is 2.46. The smallest absolute Gasteiger partial charge is 0.292 e. The Morgan fingerprint density at radius 3 is 2.89 bits per heavy atom. The average molecular weight is 268 g/mol. The Bertz CT molecular complexity index is 544. The molecule has 2 rings (SSSR count). The van der Waals surface area contributed by atoms with Crippen molar-refractivity contribution >= 4 is 11.7 Å². The number of nitrogens with one attached hydrogen (secondary N) is 1. The molecule has 0 aliphatic heterocycles. The number of pyridine rings is 1. The Morgan fingerprint density at radius 1 is 1.37 bits per heavy atom. The summed E-state index contributed by atoms with van der Waals surface area (Å²) < 4.78 is 33.6. The van der Waals surface area contributed by atoms with Crippen LogP contribution in [0, 0.1) is 0 Å². The van der Waals surface area contributed by atoms with Gasteiger partial charge in [0.15, 0.2) is 12.4 Å². The number of ether oxygens (including phenoxy) is 1. The molecule has 0 bridgehead atoms. The summed E-state index contributed by atoms with van der Waals surface area (Å²) in [5.74, 6) is -0.157. The Kier molecular flexibility index (Phi) is 4.07. The second kappa shape index (κ2) is 5.94. The molecule has 0 unspecified atom stereocenters. The zero-order valence-corrected chi connectivity index (χ0v) is 9.68. The highest BCUT2D eigenvalue weighted by Gasteiger charge is 2.10. The quantitative estimate of drug-likeness (QED) is 0.905. The van der Waals surface area contributed by atoms with Gasteiger partial charge in [0, 0.05) is 6.07 Å². The van der Waals surface area contributed by atoms with Gasteiger partial charge in [-0.15, -0.1) is 0 Å². The van der Waals surface area contributed by atoms with Gasteiger partial charge in [-0.25, -0.2) is 8.78 Å². The first-order valence-electron chi connectivity index (χ1n) is 5.38. The van der Waals surface area contributed by atoms with Crippen LogP contribution in [0.1, 0.15) is 10.6 Å². The maximum absolute atomic E-state index is 12.0. The van der Waals surface area contributed by atoms with Crippen molar-refractivity contribution in [2.45, 2.75) is 6.43 Å². The second-order valence-corrected chi connectivity index (χ2v) is 3.49. The first kappa shape index (κ1) is 13.0. The van der Waals surface area contributed by atoms with E-state index in [0.717, 1.165) is 0 Å². The minimum Gasteiger partial charge on any atom is -0.472 e. The van der Waals surface area contributed by atoms with Gasteiger partial charge in [-0.3, -0.25) is 4.79 Å². The highest BCUT2D eigenvalue weighted by Crippen LogP contribution is 2.13. The number of hydrogen-bond donors (Lipinski definition) is 1. The average Bonchev–Trinajstić information content (AvgIpc) is 2.91. The maximum Gasteiger partial charge on any atom is 0.292 e. The number of halogens is 2. The monoisotopic (exact) mass is 268 g/mol. The first-order chi connectivity index (χ1) is 9.15. The molecule has 0 aliphatic rings. The minimum absolute atomic E-state index is 0.0116. The van der Waals surface area contributed by atoms with Crippen molar-refractivity contribution in [3.05, 3.63) is 42.4 Å². The van der Waals surface area contributed by atoms with E-state index < -0.39 is 18.9 Å². The fourth-order valence-electron chi connectivity index (χ4n) is 1.30. The molecular weight excluding hydrogens is 258 g/mol. The molecule has 0 saturated heterocycles. The molecule has 0 aromatic carbocycles. The zero-order chi connectivity index (χ0) is 13.7. The van der Waals surface area contributed by atoms with Crippen LogP contribution in [0.5, 0.6) is 5.88 Å². The lowest BCUT2D eigenvalue weighted by atomic mass is 10.4. The number of rotatable bonds is 5. The van der Waals surface area contributed by atoms with Gasteiger partial charge in [-0.1, -0.05) is 6.07 Å². The van der Waals surface area contributed by atoms with Crippen LogP contribution < -0.4 is 10.1 Å². The van der Waals surface area contributed by atoms with E-state index in [-0.39, 0.29) is 17.5 Å². The largest absolute Gasteiger partial charge is 0.472 e. The molecule has 0 fully saturated rings. The molecule has 1 amide bonds. The van der Waals surface area contributed by atoms with E-state index in [0.29, 0.717) is 0 Å². The molecule has 7 heteroatoms. The number of aromatic nitrogens is 1. The summed E-state index contributed by atoms with van der Waals surface area (Å²) in [6, 6.07) is 7.53. The molecule has 2 aromatic rings. The van der Waals surface area contributed by atoms with E-state index in [2.05, 4.69) is 10.3 Å². The molecule has 19 heavy (non-hydrogen) atoms. The third-order valence-corrected chi connectivity index (χ3v) is 2.07. The van der Waals surface area contributed by atoms with Crippen molar-refractivity contribution in [2.24, 2.45) is 0 Å². The van der Waals surface area contributed by atoms with Crippen LogP contribution in [-0.2, 0) is 0 Å². The molecule has 2 heterocycles. The van der Waals surface area contributed by atoms with E-state index >= 15 is 0 Å². The van der Waals surface area contributed by atoms with E-state index in [1.54, 1.807) is 6.07 Å². The van der Waals surface area contributed by atoms with E-state index in [1.165, 1.54) is 30.5 Å².